The smallest absolute Gasteiger partial charge is 0.326 e. The average molecular weight is 771 g/mol. The molecule has 1 aliphatic rings. The van der Waals surface area contributed by atoms with Crippen molar-refractivity contribution in [3.63, 3.8) is 0 Å². The van der Waals surface area contributed by atoms with E-state index in [4.69, 9.17) is 17.2 Å². The normalized spacial score (nSPS) is 18.6. The number of nitrogens with two attached hydrogens (primary N) is 3. The first-order valence-electron chi connectivity index (χ1n) is 18.3. The predicted octanol–water partition coefficient (Wildman–Crippen LogP) is -3.40. The Labute approximate surface area is 316 Å². The van der Waals surface area contributed by atoms with E-state index in [9.17, 15) is 48.9 Å². The second kappa shape index (κ2) is 22.6. The van der Waals surface area contributed by atoms with Gasteiger partial charge in [0.2, 0.25) is 35.4 Å². The van der Waals surface area contributed by atoms with E-state index in [2.05, 4.69) is 31.6 Å². The highest BCUT2D eigenvalue weighted by atomic mass is 16.4. The van der Waals surface area contributed by atoms with Gasteiger partial charge in [0.05, 0.1) is 18.8 Å². The summed E-state index contributed by atoms with van der Waals surface area (Å²) in [6.07, 6.45) is 0.0614. The van der Waals surface area contributed by atoms with Crippen LogP contribution in [-0.2, 0) is 33.6 Å². The van der Waals surface area contributed by atoms with E-state index in [1.165, 1.54) is 11.8 Å². The van der Waals surface area contributed by atoms with Gasteiger partial charge in [0.15, 0.2) is 5.96 Å². The lowest BCUT2D eigenvalue weighted by Crippen LogP contribution is -2.62. The number of carbonyl (C=O) groups is 7. The molecule has 54 heavy (non-hydrogen) atoms. The number of guanidine groups is 1. The van der Waals surface area contributed by atoms with E-state index in [-0.39, 0.29) is 37.2 Å². The van der Waals surface area contributed by atoms with E-state index in [0.29, 0.717) is 25.8 Å². The molecule has 20 nitrogen and oxygen atoms in total. The first-order valence-corrected chi connectivity index (χ1v) is 18.3. The summed E-state index contributed by atoms with van der Waals surface area (Å²) in [7, 11) is 0. The Kier molecular flexibility index (Phi) is 19.9. The van der Waals surface area contributed by atoms with Crippen LogP contribution in [-0.4, -0.2) is 136 Å². The lowest BCUT2D eigenvalue weighted by Gasteiger charge is -2.30. The van der Waals surface area contributed by atoms with E-state index in [1.807, 2.05) is 0 Å². The minimum absolute atomic E-state index is 0.0377. The minimum atomic E-state index is -1.68. The standard InChI is InChI=1S/C34H62N10O10/c1-8-18(6)25(33(53)54)42-28(48)21(15-45)40-31(51)26(19(7)46)43-30(50)24(17(4)5)41-27(47)20(11-9-13-38-34(36)37)39-29(49)22-12-10-14-44(22)32(52)23(35)16(2)3/h16-26,45-46H,8-15,35H2,1-7H3,(H,39,49)(H,40,51)(H,41,47)(H,42,48)(H,43,50)(H,53,54)(H4,36,37,38)/t18-,19+,20-,21-,22-,23-,24-,25-,26-/m0/s1. The number of carboxylic acids is 1. The number of aliphatic hydroxyl groups excluding tert-OH is 2. The number of carboxylic acid groups (broad SMARTS) is 1. The molecule has 1 saturated heterocycles. The van der Waals surface area contributed by atoms with Crippen LogP contribution < -0.4 is 43.8 Å². The van der Waals surface area contributed by atoms with Crippen LogP contribution in [0.3, 0.4) is 0 Å². The van der Waals surface area contributed by atoms with Crippen molar-refractivity contribution >= 4 is 47.4 Å². The second-order valence-electron chi connectivity index (χ2n) is 14.4. The number of carbonyl (C=O) groups excluding carboxylic acids is 6. The summed E-state index contributed by atoms with van der Waals surface area (Å²) in [5.74, 6) is -7.42. The Balaban J connectivity index is 3.20. The highest BCUT2D eigenvalue weighted by Gasteiger charge is 2.39. The summed E-state index contributed by atoms with van der Waals surface area (Å²) < 4.78 is 0. The number of likely N-dealkylation sites (tertiary alicyclic amines) is 1. The molecule has 0 aromatic heterocycles. The molecular weight excluding hydrogens is 708 g/mol. The van der Waals surface area contributed by atoms with E-state index < -0.39 is 102 Å². The van der Waals surface area contributed by atoms with E-state index in [1.54, 1.807) is 41.5 Å². The van der Waals surface area contributed by atoms with Crippen molar-refractivity contribution < 1.29 is 48.9 Å². The third-order valence-corrected chi connectivity index (χ3v) is 9.32. The third-order valence-electron chi connectivity index (χ3n) is 9.32. The fourth-order valence-electron chi connectivity index (χ4n) is 5.65. The Hall–Kier alpha value is -4.56. The number of aliphatic imine (C=N–C) groups is 1. The van der Waals surface area contributed by atoms with Crippen molar-refractivity contribution in [2.45, 2.75) is 129 Å². The molecule has 0 aromatic carbocycles. The SMILES string of the molecule is CC[C@H](C)[C@H](NC(=O)[C@H](CO)NC(=O)[C@@H](NC(=O)[C@@H](NC(=O)[C@H](CCCN=C(N)N)NC(=O)[C@@H]1CCCN1C(=O)[C@@H](N)C(C)C)C(C)C)[C@@H](C)O)C(=O)O. The molecule has 308 valence electrons. The van der Waals surface area contributed by atoms with Crippen LogP contribution in [0.15, 0.2) is 4.99 Å². The maximum atomic E-state index is 13.7. The maximum absolute atomic E-state index is 13.7. The number of amides is 6. The van der Waals surface area contributed by atoms with Gasteiger partial charge in [-0.3, -0.25) is 33.8 Å². The summed E-state index contributed by atoms with van der Waals surface area (Å²) >= 11 is 0. The van der Waals surface area contributed by atoms with Crippen LogP contribution in [0.2, 0.25) is 0 Å². The number of aliphatic hydroxyl groups is 2. The Morgan fingerprint density at radius 2 is 1.35 bits per heavy atom. The summed E-state index contributed by atoms with van der Waals surface area (Å²) in [6.45, 7) is 10.8. The molecule has 0 saturated carbocycles. The predicted molar refractivity (Wildman–Crippen MR) is 198 cm³/mol. The van der Waals surface area contributed by atoms with Crippen LogP contribution in [0.1, 0.15) is 80.6 Å². The van der Waals surface area contributed by atoms with Gasteiger partial charge < -0.3 is 64.0 Å². The summed E-state index contributed by atoms with van der Waals surface area (Å²) in [4.78, 5) is 96.9. The average Bonchev–Trinajstić information content (AvgIpc) is 3.60. The third kappa shape index (κ3) is 14.3. The van der Waals surface area contributed by atoms with Crippen molar-refractivity contribution in [3.05, 3.63) is 0 Å². The number of aliphatic carboxylic acids is 1. The zero-order valence-electron chi connectivity index (χ0n) is 32.3. The van der Waals surface area contributed by atoms with Gasteiger partial charge in [-0.25, -0.2) is 4.79 Å². The first kappa shape index (κ1) is 47.5. The molecule has 0 unspecified atom stereocenters. The topological polar surface area (TPSA) is 334 Å². The zero-order chi connectivity index (χ0) is 41.4. The molecular formula is C34H62N10O10. The molecule has 1 rings (SSSR count). The molecule has 1 aliphatic heterocycles. The largest absolute Gasteiger partial charge is 0.480 e. The molecule has 1 heterocycles. The van der Waals surface area contributed by atoms with Crippen LogP contribution >= 0.6 is 0 Å². The molecule has 9 atom stereocenters. The Morgan fingerprint density at radius 1 is 0.796 bits per heavy atom. The molecule has 0 spiro atoms. The summed E-state index contributed by atoms with van der Waals surface area (Å²) in [5.41, 5.74) is 16.9. The van der Waals surface area contributed by atoms with Crippen LogP contribution in [0, 0.1) is 17.8 Å². The Bertz CT molecular complexity index is 1340. The lowest BCUT2D eigenvalue weighted by molar-refractivity contribution is -0.144. The maximum Gasteiger partial charge on any atom is 0.326 e. The second-order valence-corrected chi connectivity index (χ2v) is 14.4. The highest BCUT2D eigenvalue weighted by Crippen LogP contribution is 2.20. The number of rotatable bonds is 22. The van der Waals surface area contributed by atoms with Crippen LogP contribution in [0.25, 0.3) is 0 Å². The molecule has 1 fully saturated rings. The highest BCUT2D eigenvalue weighted by molar-refractivity contribution is 5.97. The number of hydrogen-bond donors (Lipinski definition) is 11. The molecule has 6 amide bonds. The molecule has 0 bridgehead atoms. The van der Waals surface area contributed by atoms with Crippen molar-refractivity contribution in [2.75, 3.05) is 19.7 Å². The summed E-state index contributed by atoms with van der Waals surface area (Å²) in [6, 6.07) is -8.82. The number of nitrogens with one attached hydrogen (secondary N) is 5. The van der Waals surface area contributed by atoms with Gasteiger partial charge >= 0.3 is 5.97 Å². The van der Waals surface area contributed by atoms with Crippen molar-refractivity contribution in [3.8, 4) is 0 Å². The van der Waals surface area contributed by atoms with Gasteiger partial charge in [-0.1, -0.05) is 48.0 Å². The zero-order valence-corrected chi connectivity index (χ0v) is 32.3. The van der Waals surface area contributed by atoms with Crippen LogP contribution in [0.5, 0.6) is 0 Å². The fourth-order valence-corrected chi connectivity index (χ4v) is 5.65. The van der Waals surface area contributed by atoms with Gasteiger partial charge in [0.25, 0.3) is 0 Å². The van der Waals surface area contributed by atoms with Crippen molar-refractivity contribution in [1.82, 2.24) is 31.5 Å². The minimum Gasteiger partial charge on any atom is -0.480 e. The van der Waals surface area contributed by atoms with Gasteiger partial charge in [-0.2, -0.15) is 0 Å². The first-order chi connectivity index (χ1) is 25.2. The lowest BCUT2D eigenvalue weighted by atomic mass is 9.99. The monoisotopic (exact) mass is 770 g/mol. The van der Waals surface area contributed by atoms with E-state index in [0.717, 1.165) is 0 Å². The molecule has 20 heteroatoms. The van der Waals surface area contributed by atoms with Gasteiger partial charge in [-0.15, -0.1) is 0 Å². The fraction of sp³-hybridized carbons (Fsp3) is 0.765. The molecule has 0 aromatic rings. The molecule has 0 aliphatic carbocycles. The quantitative estimate of drug-likeness (QED) is 0.0291. The van der Waals surface area contributed by atoms with Gasteiger partial charge in [-0.05, 0) is 50.4 Å². The molecule has 14 N–H and O–H groups in total. The molecule has 0 radical (unpaired) electrons. The summed E-state index contributed by atoms with van der Waals surface area (Å²) in [5, 5.41) is 42.0. The van der Waals surface area contributed by atoms with Crippen LogP contribution in [0.4, 0.5) is 0 Å². The Morgan fingerprint density at radius 3 is 1.85 bits per heavy atom. The van der Waals surface area contributed by atoms with E-state index >= 15 is 0 Å². The van der Waals surface area contributed by atoms with Gasteiger partial charge in [0.1, 0.15) is 36.3 Å². The van der Waals surface area contributed by atoms with Gasteiger partial charge in [0, 0.05) is 13.1 Å². The van der Waals surface area contributed by atoms with Crippen molar-refractivity contribution in [1.29, 1.82) is 0 Å². The number of hydrogen-bond acceptors (Lipinski definition) is 11. The van der Waals surface area contributed by atoms with Crippen molar-refractivity contribution in [2.24, 2.45) is 39.9 Å². The number of nitrogens with zero attached hydrogens (tertiary/aromatic N) is 2.